The van der Waals surface area contributed by atoms with E-state index < -0.39 is 0 Å². The molecule has 0 saturated carbocycles. The van der Waals surface area contributed by atoms with Crippen molar-refractivity contribution in [2.75, 3.05) is 0 Å². The molecule has 0 bridgehead atoms. The highest BCUT2D eigenvalue weighted by Crippen LogP contribution is 2.18. The summed E-state index contributed by atoms with van der Waals surface area (Å²) < 4.78 is 1.72. The van der Waals surface area contributed by atoms with Crippen LogP contribution in [0, 0.1) is 6.92 Å². The van der Waals surface area contributed by atoms with Crippen LogP contribution in [0.4, 0.5) is 0 Å². The molecule has 2 N–H and O–H groups in total. The molecule has 0 radical (unpaired) electrons. The van der Waals surface area contributed by atoms with Crippen LogP contribution in [-0.4, -0.2) is 30.9 Å². The largest absolute Gasteiger partial charge is 0.341 e. The summed E-state index contributed by atoms with van der Waals surface area (Å²) in [5, 5.41) is 13.7. The average molecular weight is 283 g/mol. The Balaban J connectivity index is 2.13. The molecule has 0 unspecified atom stereocenters. The summed E-state index contributed by atoms with van der Waals surface area (Å²) in [6, 6.07) is -0.275. The van der Waals surface area contributed by atoms with Crippen LogP contribution >= 0.6 is 11.6 Å². The first-order valence-corrected chi connectivity index (χ1v) is 6.31. The number of aromatic amines is 1. The van der Waals surface area contributed by atoms with Crippen LogP contribution in [-0.2, 0) is 6.54 Å². The van der Waals surface area contributed by atoms with Crippen molar-refractivity contribution in [1.29, 1.82) is 0 Å². The maximum Gasteiger partial charge on any atom is 0.273 e. The first kappa shape index (κ1) is 13.5. The molecule has 8 heteroatoms. The number of halogens is 1. The van der Waals surface area contributed by atoms with Gasteiger partial charge in [-0.15, -0.1) is 0 Å². The number of nitrogens with zero attached hydrogens (tertiary/aromatic N) is 4. The number of amides is 1. The van der Waals surface area contributed by atoms with Crippen LogP contribution in [0.3, 0.4) is 0 Å². The lowest BCUT2D eigenvalue weighted by Crippen LogP contribution is -2.29. The van der Waals surface area contributed by atoms with Gasteiger partial charge in [0.2, 0.25) is 0 Å². The quantitative estimate of drug-likeness (QED) is 0.889. The summed E-state index contributed by atoms with van der Waals surface area (Å²) in [6.45, 7) is 6.24. The number of hydrogen-bond donors (Lipinski definition) is 2. The van der Waals surface area contributed by atoms with Gasteiger partial charge >= 0.3 is 0 Å². The highest BCUT2D eigenvalue weighted by molar-refractivity contribution is 6.34. The van der Waals surface area contributed by atoms with Crippen molar-refractivity contribution >= 4 is 17.5 Å². The molecular formula is C11H15ClN6O. The van der Waals surface area contributed by atoms with Crippen LogP contribution in [0.25, 0.3) is 0 Å². The molecule has 1 atom stereocenters. The van der Waals surface area contributed by atoms with Gasteiger partial charge in [-0.1, -0.05) is 11.6 Å². The summed E-state index contributed by atoms with van der Waals surface area (Å²) in [7, 11) is 0. The summed E-state index contributed by atoms with van der Waals surface area (Å²) in [5.74, 6) is 0.353. The van der Waals surface area contributed by atoms with E-state index in [1.54, 1.807) is 11.6 Å². The Morgan fingerprint density at radius 3 is 2.95 bits per heavy atom. The minimum atomic E-state index is -0.340. The molecule has 0 spiro atoms. The Kier molecular flexibility index (Phi) is 3.84. The number of rotatable bonds is 4. The molecule has 2 heterocycles. The predicted molar refractivity (Wildman–Crippen MR) is 69.9 cm³/mol. The standard InChI is InChI=1S/C11H15ClN6O/c1-4-18-10(13-5-14-18)7(3)15-11(19)9-8(12)6(2)16-17-9/h5,7H,4H2,1-3H3,(H,15,19)(H,16,17)/t7-/m0/s1. The minimum absolute atomic E-state index is 0.189. The summed E-state index contributed by atoms with van der Waals surface area (Å²) in [4.78, 5) is 16.2. The number of aromatic nitrogens is 5. The average Bonchev–Trinajstić information content (AvgIpc) is 2.97. The smallest absolute Gasteiger partial charge is 0.273 e. The zero-order chi connectivity index (χ0) is 14.0. The zero-order valence-electron chi connectivity index (χ0n) is 10.9. The number of carbonyl (C=O) groups excluding carboxylic acids is 1. The molecule has 0 saturated heterocycles. The van der Waals surface area contributed by atoms with Crippen LogP contribution < -0.4 is 5.32 Å². The highest BCUT2D eigenvalue weighted by atomic mass is 35.5. The molecule has 2 aromatic rings. The maximum atomic E-state index is 12.0. The molecule has 102 valence electrons. The topological polar surface area (TPSA) is 88.5 Å². The number of hydrogen-bond acceptors (Lipinski definition) is 4. The van der Waals surface area contributed by atoms with Crippen LogP contribution in [0.2, 0.25) is 5.02 Å². The maximum absolute atomic E-state index is 12.0. The van der Waals surface area contributed by atoms with E-state index in [-0.39, 0.29) is 17.6 Å². The molecule has 0 aliphatic heterocycles. The van der Waals surface area contributed by atoms with E-state index in [4.69, 9.17) is 11.6 Å². The van der Waals surface area contributed by atoms with E-state index in [1.165, 1.54) is 6.33 Å². The van der Waals surface area contributed by atoms with Crippen LogP contribution in [0.15, 0.2) is 6.33 Å². The van der Waals surface area contributed by atoms with Gasteiger partial charge in [0.1, 0.15) is 12.2 Å². The third-order valence-corrected chi connectivity index (χ3v) is 3.23. The van der Waals surface area contributed by atoms with E-state index >= 15 is 0 Å². The van der Waals surface area contributed by atoms with Crippen molar-refractivity contribution in [3.8, 4) is 0 Å². The van der Waals surface area contributed by atoms with E-state index in [2.05, 4.69) is 25.6 Å². The van der Waals surface area contributed by atoms with Gasteiger partial charge in [0.15, 0.2) is 5.69 Å². The molecule has 7 nitrogen and oxygen atoms in total. The Bertz CT molecular complexity index is 590. The summed E-state index contributed by atoms with van der Waals surface area (Å²) in [5.41, 5.74) is 0.852. The third kappa shape index (κ3) is 2.60. The summed E-state index contributed by atoms with van der Waals surface area (Å²) >= 11 is 5.98. The Morgan fingerprint density at radius 2 is 2.37 bits per heavy atom. The molecular weight excluding hydrogens is 268 g/mol. The fourth-order valence-corrected chi connectivity index (χ4v) is 1.92. The Labute approximate surface area is 115 Å². The van der Waals surface area contributed by atoms with Gasteiger partial charge < -0.3 is 5.32 Å². The lowest BCUT2D eigenvalue weighted by Gasteiger charge is -2.13. The molecule has 2 rings (SSSR count). The lowest BCUT2D eigenvalue weighted by molar-refractivity contribution is 0.0932. The number of carbonyl (C=O) groups is 1. The van der Waals surface area contributed by atoms with Crippen molar-refractivity contribution < 1.29 is 4.79 Å². The Morgan fingerprint density at radius 1 is 1.63 bits per heavy atom. The molecule has 0 aliphatic carbocycles. The lowest BCUT2D eigenvalue weighted by atomic mass is 10.3. The second kappa shape index (κ2) is 5.40. The number of H-pyrrole nitrogens is 1. The molecule has 0 fully saturated rings. The van der Waals surface area contributed by atoms with Gasteiger partial charge in [-0.2, -0.15) is 10.2 Å². The van der Waals surface area contributed by atoms with E-state index in [9.17, 15) is 4.79 Å². The van der Waals surface area contributed by atoms with E-state index in [0.717, 1.165) is 0 Å². The van der Waals surface area contributed by atoms with Crippen molar-refractivity contribution in [2.24, 2.45) is 0 Å². The fraction of sp³-hybridized carbons (Fsp3) is 0.455. The van der Waals surface area contributed by atoms with E-state index in [0.29, 0.717) is 23.1 Å². The van der Waals surface area contributed by atoms with Gasteiger partial charge in [0, 0.05) is 6.54 Å². The van der Waals surface area contributed by atoms with Gasteiger partial charge in [0.25, 0.3) is 5.91 Å². The van der Waals surface area contributed by atoms with Crippen molar-refractivity contribution in [2.45, 2.75) is 33.4 Å². The van der Waals surface area contributed by atoms with Crippen LogP contribution in [0.5, 0.6) is 0 Å². The van der Waals surface area contributed by atoms with Crippen molar-refractivity contribution in [1.82, 2.24) is 30.3 Å². The molecule has 2 aromatic heterocycles. The number of nitrogens with one attached hydrogen (secondary N) is 2. The van der Waals surface area contributed by atoms with Crippen LogP contribution in [0.1, 0.15) is 41.9 Å². The zero-order valence-corrected chi connectivity index (χ0v) is 11.7. The second-order valence-corrected chi connectivity index (χ2v) is 4.52. The minimum Gasteiger partial charge on any atom is -0.341 e. The van der Waals surface area contributed by atoms with Gasteiger partial charge in [-0.3, -0.25) is 9.89 Å². The molecule has 1 amide bonds. The van der Waals surface area contributed by atoms with Gasteiger partial charge in [-0.25, -0.2) is 9.67 Å². The van der Waals surface area contributed by atoms with Crippen molar-refractivity contribution in [3.05, 3.63) is 28.6 Å². The first-order chi connectivity index (χ1) is 9.04. The normalized spacial score (nSPS) is 12.4. The SMILES string of the molecule is CCn1ncnc1[C@H](C)NC(=O)c1n[nH]c(C)c1Cl. The fourth-order valence-electron chi connectivity index (χ4n) is 1.75. The van der Waals surface area contributed by atoms with E-state index in [1.807, 2.05) is 13.8 Å². The molecule has 0 aliphatic rings. The predicted octanol–water partition coefficient (Wildman–Crippen LogP) is 1.47. The highest BCUT2D eigenvalue weighted by Gasteiger charge is 2.20. The third-order valence-electron chi connectivity index (χ3n) is 2.77. The van der Waals surface area contributed by atoms with Gasteiger partial charge in [-0.05, 0) is 20.8 Å². The monoisotopic (exact) mass is 282 g/mol. The van der Waals surface area contributed by atoms with Gasteiger partial charge in [0.05, 0.1) is 16.8 Å². The molecule has 0 aromatic carbocycles. The summed E-state index contributed by atoms with van der Waals surface area (Å²) in [6.07, 6.45) is 1.47. The first-order valence-electron chi connectivity index (χ1n) is 5.93. The van der Waals surface area contributed by atoms with Crippen molar-refractivity contribution in [3.63, 3.8) is 0 Å². The second-order valence-electron chi connectivity index (χ2n) is 4.14. The number of aryl methyl sites for hydroxylation is 2. The Hall–Kier alpha value is -1.89. The molecule has 19 heavy (non-hydrogen) atoms.